The first-order valence-corrected chi connectivity index (χ1v) is 32.6. The Labute approximate surface area is 463 Å². The number of hydrogen-bond acceptors (Lipinski definition) is 22. The van der Waals surface area contributed by atoms with Gasteiger partial charge in [0.25, 0.3) is 0 Å². The highest BCUT2D eigenvalue weighted by Gasteiger charge is 2.59. The number of carbonyl (C=O) groups excluding carboxylic acids is 3. The Kier molecular flexibility index (Phi) is 15.1. The van der Waals surface area contributed by atoms with Crippen molar-refractivity contribution in [2.24, 2.45) is 0 Å². The summed E-state index contributed by atoms with van der Waals surface area (Å²) in [5, 5.41) is 15.8. The monoisotopic (exact) mass is 1170 g/mol. The molecular formula is C49H58O11S11. The van der Waals surface area contributed by atoms with E-state index in [0.717, 1.165) is 49.0 Å². The van der Waals surface area contributed by atoms with Crippen molar-refractivity contribution in [2.45, 2.75) is 191 Å². The predicted molar refractivity (Wildman–Crippen MR) is 297 cm³/mol. The molecule has 6 aliphatic heterocycles. The van der Waals surface area contributed by atoms with Gasteiger partial charge in [0.1, 0.15) is 4.90 Å². The van der Waals surface area contributed by atoms with Crippen LogP contribution in [0.4, 0.5) is 0 Å². The minimum Gasteiger partial charge on any atom is -0.465 e. The Morgan fingerprint density at radius 1 is 0.423 bits per heavy atom. The molecule has 1 N–H and O–H groups in total. The summed E-state index contributed by atoms with van der Waals surface area (Å²) < 4.78 is 42.6. The maximum Gasteiger partial charge on any atom is 0.316 e. The van der Waals surface area contributed by atoms with E-state index in [1.807, 2.05) is 41.5 Å². The first kappa shape index (κ1) is 54.9. The summed E-state index contributed by atoms with van der Waals surface area (Å²) in [4.78, 5) is 49.4. The van der Waals surface area contributed by atoms with Gasteiger partial charge in [0, 0.05) is 87.8 Å². The van der Waals surface area contributed by atoms with Gasteiger partial charge in [-0.05, 0) is 76.2 Å². The molecule has 6 aliphatic rings. The third kappa shape index (κ3) is 10.4. The van der Waals surface area contributed by atoms with Gasteiger partial charge >= 0.3 is 17.9 Å². The van der Waals surface area contributed by atoms with Crippen LogP contribution in [0.5, 0.6) is 23.0 Å². The minimum absolute atomic E-state index is 0.0421. The molecule has 9 rings (SSSR count). The molecule has 0 atom stereocenters. The summed E-state index contributed by atoms with van der Waals surface area (Å²) in [6.07, 6.45) is 0. The fourth-order valence-corrected chi connectivity index (χ4v) is 24.5. The van der Waals surface area contributed by atoms with Crippen LogP contribution < -0.4 is 18.9 Å². The van der Waals surface area contributed by atoms with Gasteiger partial charge in [-0.15, -0.1) is 129 Å². The number of thioether (sulfide) groups is 11. The van der Waals surface area contributed by atoms with E-state index in [9.17, 15) is 14.4 Å². The summed E-state index contributed by atoms with van der Waals surface area (Å²) >= 11 is 17.9. The molecule has 71 heavy (non-hydrogen) atoms. The number of fused-ring (bicyclic) bond motifs is 6. The van der Waals surface area contributed by atoms with Gasteiger partial charge < -0.3 is 38.3 Å². The number of rotatable bonds is 15. The van der Waals surface area contributed by atoms with Crippen LogP contribution in [-0.4, -0.2) is 88.0 Å². The zero-order valence-corrected chi connectivity index (χ0v) is 51.2. The van der Waals surface area contributed by atoms with Gasteiger partial charge in [0.15, 0.2) is 28.6 Å². The molecule has 0 aliphatic carbocycles. The average Bonchev–Trinajstić information content (AvgIpc) is 4.05. The van der Waals surface area contributed by atoms with E-state index in [4.69, 9.17) is 33.2 Å². The number of aliphatic hydroxyl groups is 1. The first-order valence-electron chi connectivity index (χ1n) is 23.1. The van der Waals surface area contributed by atoms with Gasteiger partial charge in [0.2, 0.25) is 11.6 Å². The molecular weight excluding hydrogens is 1120 g/mol. The Balaban J connectivity index is 1.46. The maximum absolute atomic E-state index is 15.8. The van der Waals surface area contributed by atoms with Gasteiger partial charge in [0.05, 0.1) is 59.0 Å². The van der Waals surface area contributed by atoms with Gasteiger partial charge in [-0.25, -0.2) is 0 Å². The topological polar surface area (TPSA) is 136 Å². The largest absolute Gasteiger partial charge is 0.465 e. The average molecular weight is 1180 g/mol. The van der Waals surface area contributed by atoms with E-state index in [2.05, 4.69) is 55.4 Å². The first-order chi connectivity index (χ1) is 33.0. The van der Waals surface area contributed by atoms with Crippen molar-refractivity contribution in [3.63, 3.8) is 0 Å². The van der Waals surface area contributed by atoms with Crippen molar-refractivity contribution in [3.05, 3.63) is 16.7 Å². The number of carbonyl (C=O) groups is 3. The highest BCUT2D eigenvalue weighted by molar-refractivity contribution is 8.23. The van der Waals surface area contributed by atoms with E-state index in [-0.39, 0.29) is 60.5 Å². The molecule has 0 amide bonds. The van der Waals surface area contributed by atoms with E-state index in [1.165, 1.54) is 35.3 Å². The molecule has 22 heteroatoms. The molecule has 0 spiro atoms. The summed E-state index contributed by atoms with van der Waals surface area (Å²) in [7, 11) is 0. The van der Waals surface area contributed by atoms with Crippen LogP contribution in [0.15, 0.2) is 53.9 Å². The number of benzene rings is 3. The second-order valence-electron chi connectivity index (χ2n) is 19.7. The lowest BCUT2D eigenvalue weighted by Crippen LogP contribution is -2.35. The lowest BCUT2D eigenvalue weighted by Gasteiger charge is -2.38. The summed E-state index contributed by atoms with van der Waals surface area (Å²) in [6.45, 7) is 31.1. The van der Waals surface area contributed by atoms with Crippen molar-refractivity contribution in [1.29, 1.82) is 0 Å². The van der Waals surface area contributed by atoms with Crippen molar-refractivity contribution in [1.82, 2.24) is 0 Å². The van der Waals surface area contributed by atoms with E-state index >= 15 is 5.11 Å². The standard InChI is InChI=1S/C49H58O11S11/c1-16-54-22(50)19-61-36-30-28(57-43(4,5)59-30)25(29-31(36)60-44(6,7)58-29)49(53,26-32-39(68-45(8,9)64-32)37(62-20-23(51)55-17-2)40-33(26)65-46(10,11)69-40)27-34-41(70-47(12,13)66-34)38(63-21-24(52)56-18-3)42-35(27)67-48(14,15)71-42/h53H,16-21H2,1-15H3. The lowest BCUT2D eigenvalue weighted by molar-refractivity contribution is -0.140. The fourth-order valence-electron chi connectivity index (χ4n) is 8.89. The second-order valence-corrected chi connectivity index (χ2v) is 36.7. The molecule has 6 heterocycles. The van der Waals surface area contributed by atoms with E-state index < -0.39 is 39.5 Å². The Morgan fingerprint density at radius 3 is 0.958 bits per heavy atom. The summed E-state index contributed by atoms with van der Waals surface area (Å²) in [6, 6.07) is 0. The molecule has 3 aromatic rings. The Bertz CT molecular complexity index is 2340. The third-order valence-electron chi connectivity index (χ3n) is 11.0. The summed E-state index contributed by atoms with van der Waals surface area (Å²) in [5.74, 6) is -2.01. The van der Waals surface area contributed by atoms with E-state index in [0.29, 0.717) is 33.1 Å². The van der Waals surface area contributed by atoms with Crippen molar-refractivity contribution in [3.8, 4) is 23.0 Å². The molecule has 0 saturated heterocycles. The smallest absolute Gasteiger partial charge is 0.316 e. The molecule has 11 nitrogen and oxygen atoms in total. The van der Waals surface area contributed by atoms with Crippen LogP contribution >= 0.6 is 129 Å². The van der Waals surface area contributed by atoms with Crippen molar-refractivity contribution in [2.75, 3.05) is 37.1 Å². The third-order valence-corrected chi connectivity index (χ3v) is 26.1. The van der Waals surface area contributed by atoms with E-state index in [1.54, 1.807) is 101 Å². The van der Waals surface area contributed by atoms with Gasteiger partial charge in [-0.2, -0.15) is 0 Å². The highest BCUT2D eigenvalue weighted by atomic mass is 32.2. The van der Waals surface area contributed by atoms with Gasteiger partial charge in [-0.1, -0.05) is 0 Å². The molecule has 0 unspecified atom stereocenters. The second kappa shape index (κ2) is 19.5. The van der Waals surface area contributed by atoms with Crippen LogP contribution in [0.25, 0.3) is 0 Å². The molecule has 0 bridgehead atoms. The summed E-state index contributed by atoms with van der Waals surface area (Å²) in [5.41, 5.74) is -0.376. The molecule has 3 aromatic carbocycles. The minimum atomic E-state index is -2.09. The molecule has 0 radical (unpaired) electrons. The molecule has 386 valence electrons. The maximum atomic E-state index is 15.8. The quantitative estimate of drug-likeness (QED) is 0.0668. The number of hydrogen-bond donors (Lipinski definition) is 1. The normalized spacial score (nSPS) is 20.3. The van der Waals surface area contributed by atoms with Crippen molar-refractivity contribution < 1.29 is 52.6 Å². The van der Waals surface area contributed by atoms with Crippen LogP contribution in [0.3, 0.4) is 0 Å². The fraction of sp³-hybridized carbons (Fsp3) is 0.571. The SMILES string of the molecule is CCOC(=O)CSc1c2c(c(C(O)(c3c4c(c(SCC(=O)OCC)c5c3SC(C)(C)S5)SC(C)(C)S4)c3c4c(c(SCC(=O)OCC)c5c3SC(C)(C)S5)SC(C)(C)S4)c3c1OC(C)(C)O3)OC(C)(C)O2. The number of ether oxygens (including phenoxy) is 7. The Morgan fingerprint density at radius 2 is 0.676 bits per heavy atom. The van der Waals surface area contributed by atoms with Crippen molar-refractivity contribution >= 4 is 147 Å². The van der Waals surface area contributed by atoms with Crippen LogP contribution in [0.1, 0.15) is 121 Å². The van der Waals surface area contributed by atoms with Crippen LogP contribution in [-0.2, 0) is 34.2 Å². The lowest BCUT2D eigenvalue weighted by atomic mass is 9.78. The Hall–Kier alpha value is -0.920. The molecule has 0 fully saturated rings. The predicted octanol–water partition coefficient (Wildman–Crippen LogP) is 14.7. The zero-order valence-electron chi connectivity index (χ0n) is 42.3. The number of esters is 3. The highest BCUT2D eigenvalue weighted by Crippen LogP contribution is 2.76. The van der Waals surface area contributed by atoms with Crippen LogP contribution in [0.2, 0.25) is 0 Å². The van der Waals surface area contributed by atoms with Gasteiger partial charge in [-0.3, -0.25) is 14.4 Å². The molecule has 0 saturated carbocycles. The molecule has 0 aromatic heterocycles. The van der Waals surface area contributed by atoms with Crippen LogP contribution in [0, 0.1) is 0 Å². The zero-order chi connectivity index (χ0) is 51.6.